The van der Waals surface area contributed by atoms with Gasteiger partial charge in [0.05, 0.1) is 0 Å². The van der Waals surface area contributed by atoms with Crippen LogP contribution < -0.4 is 15.0 Å². The number of para-hydroxylation sites is 1. The number of ether oxygens (including phenoxy) is 1. The number of amides is 1. The summed E-state index contributed by atoms with van der Waals surface area (Å²) in [6.07, 6.45) is 3.63. The molecule has 0 bridgehead atoms. The summed E-state index contributed by atoms with van der Waals surface area (Å²) in [5.74, 6) is 1.79. The summed E-state index contributed by atoms with van der Waals surface area (Å²) in [5.41, 5.74) is 1.02. The first-order valence-corrected chi connectivity index (χ1v) is 9.92. The molecule has 1 amide bonds. The Balaban J connectivity index is 1.66. The second-order valence-electron chi connectivity index (χ2n) is 6.62. The van der Waals surface area contributed by atoms with Gasteiger partial charge < -0.3 is 15.0 Å². The molecule has 0 radical (unpaired) electrons. The molecule has 3 rings (SSSR count). The van der Waals surface area contributed by atoms with Gasteiger partial charge in [0.15, 0.2) is 0 Å². The van der Waals surface area contributed by atoms with Crippen molar-refractivity contribution in [2.24, 2.45) is 0 Å². The van der Waals surface area contributed by atoms with Gasteiger partial charge in [-0.2, -0.15) is 0 Å². The number of nitrogens with one attached hydrogen (secondary N) is 1. The van der Waals surface area contributed by atoms with E-state index < -0.39 is 0 Å². The zero-order valence-corrected chi connectivity index (χ0v) is 16.8. The van der Waals surface area contributed by atoms with Gasteiger partial charge in [-0.05, 0) is 55.3 Å². The van der Waals surface area contributed by atoms with Gasteiger partial charge in [-0.1, -0.05) is 32.0 Å². The average Bonchev–Trinajstić information content (AvgIpc) is 2.76. The number of rotatable bonds is 9. The fourth-order valence-corrected chi connectivity index (χ4v) is 2.90. The zero-order chi connectivity index (χ0) is 20.5. The van der Waals surface area contributed by atoms with Crippen molar-refractivity contribution in [3.63, 3.8) is 0 Å². The Morgan fingerprint density at radius 2 is 1.59 bits per heavy atom. The van der Waals surface area contributed by atoms with E-state index in [0.29, 0.717) is 23.1 Å². The summed E-state index contributed by atoms with van der Waals surface area (Å²) in [6, 6.07) is 18.4. The van der Waals surface area contributed by atoms with E-state index in [0.717, 1.165) is 31.7 Å². The third-order valence-corrected chi connectivity index (χ3v) is 4.24. The highest BCUT2D eigenvalue weighted by Gasteiger charge is 2.13. The van der Waals surface area contributed by atoms with Crippen molar-refractivity contribution < 1.29 is 9.53 Å². The van der Waals surface area contributed by atoms with E-state index in [1.165, 1.54) is 0 Å². The van der Waals surface area contributed by atoms with Crippen LogP contribution in [0.4, 0.5) is 11.6 Å². The van der Waals surface area contributed by atoms with Crippen molar-refractivity contribution >= 4 is 17.5 Å². The second kappa shape index (κ2) is 10.2. The van der Waals surface area contributed by atoms with Crippen LogP contribution in [0.1, 0.15) is 37.2 Å². The molecule has 1 aromatic heterocycles. The molecule has 29 heavy (non-hydrogen) atoms. The molecule has 0 atom stereocenters. The first-order chi connectivity index (χ1) is 14.2. The maximum Gasteiger partial charge on any atom is 0.274 e. The summed E-state index contributed by atoms with van der Waals surface area (Å²) in [5, 5.41) is 2.88. The molecule has 0 aliphatic rings. The highest BCUT2D eigenvalue weighted by Crippen LogP contribution is 2.23. The topological polar surface area (TPSA) is 67.4 Å². The van der Waals surface area contributed by atoms with Gasteiger partial charge in [0.2, 0.25) is 5.95 Å². The van der Waals surface area contributed by atoms with Gasteiger partial charge in [0, 0.05) is 25.0 Å². The Morgan fingerprint density at radius 1 is 0.931 bits per heavy atom. The molecule has 1 heterocycles. The maximum atomic E-state index is 12.6. The van der Waals surface area contributed by atoms with Crippen LogP contribution in [0.2, 0.25) is 0 Å². The molecule has 0 saturated carbocycles. The van der Waals surface area contributed by atoms with E-state index in [4.69, 9.17) is 4.74 Å². The minimum atomic E-state index is -0.265. The number of carbonyl (C=O) groups excluding carboxylic acids is 1. The highest BCUT2D eigenvalue weighted by molar-refractivity contribution is 6.03. The first kappa shape index (κ1) is 20.3. The molecule has 0 aliphatic heterocycles. The lowest BCUT2D eigenvalue weighted by molar-refractivity contribution is 0.102. The van der Waals surface area contributed by atoms with Crippen LogP contribution in [0.5, 0.6) is 11.5 Å². The van der Waals surface area contributed by atoms with Gasteiger partial charge >= 0.3 is 0 Å². The van der Waals surface area contributed by atoms with E-state index in [1.807, 2.05) is 42.5 Å². The van der Waals surface area contributed by atoms with Crippen LogP contribution >= 0.6 is 0 Å². The standard InChI is InChI=1S/C23H26N4O2/c1-3-16-27(17-4-2)23-24-15-14-21(26-23)22(28)25-18-10-12-20(13-11-18)29-19-8-6-5-7-9-19/h5-15H,3-4,16-17H2,1-2H3,(H,25,28). The van der Waals surface area contributed by atoms with Crippen LogP contribution in [0.15, 0.2) is 66.9 Å². The van der Waals surface area contributed by atoms with Crippen LogP contribution in [0.25, 0.3) is 0 Å². The highest BCUT2D eigenvalue weighted by atomic mass is 16.5. The first-order valence-electron chi connectivity index (χ1n) is 9.92. The molecule has 1 N–H and O–H groups in total. The van der Waals surface area contributed by atoms with Crippen LogP contribution in [0, 0.1) is 0 Å². The van der Waals surface area contributed by atoms with Crippen molar-refractivity contribution in [2.75, 3.05) is 23.3 Å². The zero-order valence-electron chi connectivity index (χ0n) is 16.8. The van der Waals surface area contributed by atoms with Crippen molar-refractivity contribution in [1.29, 1.82) is 0 Å². The minimum absolute atomic E-state index is 0.265. The minimum Gasteiger partial charge on any atom is -0.457 e. The molecule has 3 aromatic rings. The Bertz CT molecular complexity index is 908. The van der Waals surface area contributed by atoms with Gasteiger partial charge in [0.25, 0.3) is 5.91 Å². The van der Waals surface area contributed by atoms with Crippen molar-refractivity contribution in [2.45, 2.75) is 26.7 Å². The molecule has 0 spiro atoms. The lowest BCUT2D eigenvalue weighted by Gasteiger charge is -2.21. The summed E-state index contributed by atoms with van der Waals surface area (Å²) in [4.78, 5) is 23.5. The Morgan fingerprint density at radius 3 is 2.24 bits per heavy atom. The van der Waals surface area contributed by atoms with Crippen molar-refractivity contribution in [3.8, 4) is 11.5 Å². The van der Waals surface area contributed by atoms with Gasteiger partial charge in [-0.3, -0.25) is 4.79 Å². The fourth-order valence-electron chi connectivity index (χ4n) is 2.90. The van der Waals surface area contributed by atoms with E-state index in [2.05, 4.69) is 34.0 Å². The Labute approximate surface area is 171 Å². The summed E-state index contributed by atoms with van der Waals surface area (Å²) >= 11 is 0. The monoisotopic (exact) mass is 390 g/mol. The average molecular weight is 390 g/mol. The van der Waals surface area contributed by atoms with E-state index in [1.54, 1.807) is 24.4 Å². The van der Waals surface area contributed by atoms with Crippen LogP contribution in [0.3, 0.4) is 0 Å². The number of nitrogens with zero attached hydrogens (tertiary/aromatic N) is 3. The van der Waals surface area contributed by atoms with Crippen LogP contribution in [-0.2, 0) is 0 Å². The number of aromatic nitrogens is 2. The molecule has 6 nitrogen and oxygen atoms in total. The fraction of sp³-hybridized carbons (Fsp3) is 0.261. The van der Waals surface area contributed by atoms with E-state index in [9.17, 15) is 4.79 Å². The van der Waals surface area contributed by atoms with Gasteiger partial charge in [0.1, 0.15) is 17.2 Å². The SMILES string of the molecule is CCCN(CCC)c1nccc(C(=O)Nc2ccc(Oc3ccccc3)cc2)n1. The molecular weight excluding hydrogens is 364 g/mol. The Kier molecular flexibility index (Phi) is 7.16. The number of hydrogen-bond acceptors (Lipinski definition) is 5. The molecule has 0 aliphatic carbocycles. The quantitative estimate of drug-likeness (QED) is 0.547. The smallest absolute Gasteiger partial charge is 0.274 e. The molecule has 0 fully saturated rings. The second-order valence-corrected chi connectivity index (χ2v) is 6.62. The van der Waals surface area contributed by atoms with E-state index >= 15 is 0 Å². The van der Waals surface area contributed by atoms with Gasteiger partial charge in [-0.25, -0.2) is 9.97 Å². The molecular formula is C23H26N4O2. The number of anilines is 2. The maximum absolute atomic E-state index is 12.6. The molecule has 0 unspecified atom stereocenters. The molecule has 6 heteroatoms. The lowest BCUT2D eigenvalue weighted by atomic mass is 10.2. The predicted octanol–water partition coefficient (Wildman–Crippen LogP) is 5.15. The Hall–Kier alpha value is -3.41. The molecule has 150 valence electrons. The van der Waals surface area contributed by atoms with Crippen molar-refractivity contribution in [3.05, 3.63) is 72.6 Å². The number of benzene rings is 2. The predicted molar refractivity (Wildman–Crippen MR) is 116 cm³/mol. The van der Waals surface area contributed by atoms with Crippen molar-refractivity contribution in [1.82, 2.24) is 9.97 Å². The normalized spacial score (nSPS) is 10.4. The summed E-state index contributed by atoms with van der Waals surface area (Å²) in [7, 11) is 0. The molecule has 0 saturated heterocycles. The number of hydrogen-bond donors (Lipinski definition) is 1. The summed E-state index contributed by atoms with van der Waals surface area (Å²) in [6.45, 7) is 5.96. The lowest BCUT2D eigenvalue weighted by Crippen LogP contribution is -2.27. The number of carbonyl (C=O) groups is 1. The third kappa shape index (κ3) is 5.78. The summed E-state index contributed by atoms with van der Waals surface area (Å²) < 4.78 is 5.77. The third-order valence-electron chi connectivity index (χ3n) is 4.24. The van der Waals surface area contributed by atoms with Crippen LogP contribution in [-0.4, -0.2) is 29.0 Å². The largest absolute Gasteiger partial charge is 0.457 e. The van der Waals surface area contributed by atoms with Gasteiger partial charge in [-0.15, -0.1) is 0 Å². The van der Waals surface area contributed by atoms with E-state index in [-0.39, 0.29) is 5.91 Å². The molecule has 2 aromatic carbocycles.